The lowest BCUT2D eigenvalue weighted by molar-refractivity contribution is -0.171. The Morgan fingerprint density at radius 1 is 0.931 bits per heavy atom. The zero-order chi connectivity index (χ0) is 20.8. The van der Waals surface area contributed by atoms with Crippen LogP contribution < -0.4 is 0 Å². The monoisotopic (exact) mass is 413 g/mol. The van der Waals surface area contributed by atoms with Gasteiger partial charge in [0, 0.05) is 0 Å². The van der Waals surface area contributed by atoms with Crippen molar-refractivity contribution >= 4 is 27.6 Å². The zero-order valence-corrected chi connectivity index (χ0v) is 16.6. The predicted octanol–water partition coefficient (Wildman–Crippen LogP) is 2.84. The van der Waals surface area contributed by atoms with Gasteiger partial charge in [0.2, 0.25) is 0 Å². The van der Waals surface area contributed by atoms with Crippen LogP contribution in [0.1, 0.15) is 52.0 Å². The molecule has 2 aliphatic rings. The third-order valence-corrected chi connectivity index (χ3v) is 8.06. The Morgan fingerprint density at radius 3 is 1.97 bits per heavy atom. The van der Waals surface area contributed by atoms with Gasteiger partial charge in [-0.1, -0.05) is 47.7 Å². The first-order chi connectivity index (χ1) is 13.8. The van der Waals surface area contributed by atoms with E-state index in [2.05, 4.69) is 0 Å². The lowest BCUT2D eigenvalue weighted by Crippen LogP contribution is -2.48. The lowest BCUT2D eigenvalue weighted by atomic mass is 10.1. The largest absolute Gasteiger partial charge is 0.354 e. The quantitative estimate of drug-likeness (QED) is 0.715. The standard InChI is InChI=1S/C21H19NO6S/c1-14-8-10-15(11-9-14)29(26,27)21(12-4-5-13-21)20(25)28-22-18(23)16-6-2-3-7-17(16)19(22)24/h2-3,6-11H,4-5,12-13H2,1H3. The van der Waals surface area contributed by atoms with Gasteiger partial charge >= 0.3 is 5.97 Å². The molecule has 1 aliphatic carbocycles. The number of nitrogens with zero attached hydrogens (tertiary/aromatic N) is 1. The number of amides is 2. The Labute approximate surface area is 168 Å². The number of carbonyl (C=O) groups is 3. The van der Waals surface area contributed by atoms with Gasteiger partial charge < -0.3 is 4.84 Å². The van der Waals surface area contributed by atoms with Crippen LogP contribution in [-0.4, -0.2) is 36.0 Å². The number of carbonyl (C=O) groups excluding carboxylic acids is 3. The van der Waals surface area contributed by atoms with Gasteiger partial charge in [-0.25, -0.2) is 13.2 Å². The van der Waals surface area contributed by atoms with Gasteiger partial charge in [0.05, 0.1) is 16.0 Å². The second-order valence-electron chi connectivity index (χ2n) is 7.35. The van der Waals surface area contributed by atoms with E-state index in [0.717, 1.165) is 5.56 Å². The average molecular weight is 413 g/mol. The maximum Gasteiger partial charge on any atom is 0.354 e. The van der Waals surface area contributed by atoms with Gasteiger partial charge in [-0.05, 0) is 44.0 Å². The normalized spacial score (nSPS) is 18.0. The Kier molecular flexibility index (Phi) is 4.53. The molecule has 0 radical (unpaired) electrons. The molecular weight excluding hydrogens is 394 g/mol. The van der Waals surface area contributed by atoms with Crippen molar-refractivity contribution in [1.29, 1.82) is 0 Å². The van der Waals surface area contributed by atoms with Crippen LogP contribution in [0.5, 0.6) is 0 Å². The fraction of sp³-hybridized carbons (Fsp3) is 0.286. The molecule has 1 aliphatic heterocycles. The van der Waals surface area contributed by atoms with Crippen LogP contribution in [0.25, 0.3) is 0 Å². The van der Waals surface area contributed by atoms with Crippen LogP contribution in [-0.2, 0) is 19.5 Å². The third kappa shape index (κ3) is 2.86. The van der Waals surface area contributed by atoms with Crippen molar-refractivity contribution in [2.24, 2.45) is 0 Å². The Balaban J connectivity index is 1.68. The Hall–Kier alpha value is -3.00. The molecule has 0 bridgehead atoms. The highest BCUT2D eigenvalue weighted by Crippen LogP contribution is 2.42. The fourth-order valence-corrected chi connectivity index (χ4v) is 5.92. The maximum atomic E-state index is 13.4. The molecule has 0 unspecified atom stereocenters. The summed E-state index contributed by atoms with van der Waals surface area (Å²) in [6, 6.07) is 12.3. The summed E-state index contributed by atoms with van der Waals surface area (Å²) in [4.78, 5) is 43.3. The summed E-state index contributed by atoms with van der Waals surface area (Å²) in [5.74, 6) is -2.65. The van der Waals surface area contributed by atoms with Crippen molar-refractivity contribution in [1.82, 2.24) is 5.06 Å². The molecule has 7 nitrogen and oxygen atoms in total. The van der Waals surface area contributed by atoms with Crippen molar-refractivity contribution in [2.45, 2.75) is 42.2 Å². The maximum absolute atomic E-state index is 13.4. The number of hydroxylamine groups is 2. The number of rotatable bonds is 4. The van der Waals surface area contributed by atoms with Gasteiger partial charge in [-0.2, -0.15) is 0 Å². The highest BCUT2D eigenvalue weighted by atomic mass is 32.2. The summed E-state index contributed by atoms with van der Waals surface area (Å²) in [5, 5.41) is 0.373. The highest BCUT2D eigenvalue weighted by molar-refractivity contribution is 7.93. The van der Waals surface area contributed by atoms with Crippen molar-refractivity contribution < 1.29 is 27.6 Å². The molecule has 0 atom stereocenters. The minimum absolute atomic E-state index is 0.0179. The van der Waals surface area contributed by atoms with Crippen molar-refractivity contribution in [3.8, 4) is 0 Å². The number of aryl methyl sites for hydroxylation is 1. The van der Waals surface area contributed by atoms with Gasteiger partial charge in [0.25, 0.3) is 11.8 Å². The fourth-order valence-electron chi connectivity index (χ4n) is 3.89. The minimum Gasteiger partial charge on any atom is -0.328 e. The summed E-state index contributed by atoms with van der Waals surface area (Å²) in [6.45, 7) is 1.83. The molecule has 8 heteroatoms. The predicted molar refractivity (Wildman–Crippen MR) is 103 cm³/mol. The van der Waals surface area contributed by atoms with E-state index < -0.39 is 32.4 Å². The molecule has 29 heavy (non-hydrogen) atoms. The van der Waals surface area contributed by atoms with Crippen LogP contribution >= 0.6 is 0 Å². The molecule has 150 valence electrons. The number of imide groups is 1. The van der Waals surface area contributed by atoms with E-state index in [1.54, 1.807) is 24.3 Å². The number of hydrogen-bond donors (Lipinski definition) is 0. The molecule has 0 aromatic heterocycles. The lowest BCUT2D eigenvalue weighted by Gasteiger charge is -2.27. The minimum atomic E-state index is -4.08. The molecule has 2 aromatic carbocycles. The van der Waals surface area contributed by atoms with E-state index in [9.17, 15) is 22.8 Å². The molecule has 1 fully saturated rings. The smallest absolute Gasteiger partial charge is 0.328 e. The van der Waals surface area contributed by atoms with Crippen LogP contribution in [0.4, 0.5) is 0 Å². The number of benzene rings is 2. The van der Waals surface area contributed by atoms with Gasteiger partial charge in [-0.3, -0.25) is 9.59 Å². The van der Waals surface area contributed by atoms with Crippen LogP contribution in [0, 0.1) is 6.92 Å². The van der Waals surface area contributed by atoms with Crippen LogP contribution in [0.15, 0.2) is 53.4 Å². The van der Waals surface area contributed by atoms with E-state index in [4.69, 9.17) is 4.84 Å². The van der Waals surface area contributed by atoms with Gasteiger partial charge in [-0.15, -0.1) is 0 Å². The Bertz CT molecular complexity index is 1080. The summed E-state index contributed by atoms with van der Waals surface area (Å²) >= 11 is 0. The Morgan fingerprint density at radius 2 is 1.45 bits per heavy atom. The molecular formula is C21H19NO6S. The second-order valence-corrected chi connectivity index (χ2v) is 9.61. The first-order valence-corrected chi connectivity index (χ1v) is 10.8. The van der Waals surface area contributed by atoms with E-state index in [-0.39, 0.29) is 28.9 Å². The first-order valence-electron chi connectivity index (χ1n) is 9.29. The van der Waals surface area contributed by atoms with Gasteiger partial charge in [0.15, 0.2) is 14.6 Å². The van der Waals surface area contributed by atoms with Crippen LogP contribution in [0.2, 0.25) is 0 Å². The molecule has 0 N–H and O–H groups in total. The van der Waals surface area contributed by atoms with E-state index >= 15 is 0 Å². The summed E-state index contributed by atoms with van der Waals surface area (Å²) in [6.07, 6.45) is 1.21. The van der Waals surface area contributed by atoms with Crippen molar-refractivity contribution in [2.75, 3.05) is 0 Å². The topological polar surface area (TPSA) is 97.8 Å². The van der Waals surface area contributed by atoms with E-state index in [1.807, 2.05) is 6.92 Å². The summed E-state index contributed by atoms with van der Waals surface area (Å²) < 4.78 is 24.9. The SMILES string of the molecule is Cc1ccc(S(=O)(=O)C2(C(=O)ON3C(=O)c4ccccc4C3=O)CCCC2)cc1. The van der Waals surface area contributed by atoms with Crippen molar-refractivity contribution in [3.05, 3.63) is 65.2 Å². The number of fused-ring (bicyclic) bond motifs is 1. The third-order valence-electron chi connectivity index (χ3n) is 5.56. The molecule has 0 spiro atoms. The molecule has 4 rings (SSSR count). The molecule has 0 saturated heterocycles. The summed E-state index contributed by atoms with van der Waals surface area (Å²) in [7, 11) is -4.08. The van der Waals surface area contributed by atoms with E-state index in [1.165, 1.54) is 24.3 Å². The van der Waals surface area contributed by atoms with Gasteiger partial charge in [0.1, 0.15) is 0 Å². The highest BCUT2D eigenvalue weighted by Gasteiger charge is 2.56. The molecule has 2 amide bonds. The summed E-state index contributed by atoms with van der Waals surface area (Å²) in [5.41, 5.74) is 1.12. The zero-order valence-electron chi connectivity index (χ0n) is 15.8. The molecule has 1 saturated carbocycles. The number of hydrogen-bond acceptors (Lipinski definition) is 6. The number of sulfone groups is 1. The van der Waals surface area contributed by atoms with Crippen molar-refractivity contribution in [3.63, 3.8) is 0 Å². The second kappa shape index (κ2) is 6.81. The van der Waals surface area contributed by atoms with E-state index in [0.29, 0.717) is 17.9 Å². The first kappa shape index (κ1) is 19.3. The average Bonchev–Trinajstić information content (AvgIpc) is 3.30. The molecule has 2 aromatic rings. The molecule has 1 heterocycles. The van der Waals surface area contributed by atoms with Crippen LogP contribution in [0.3, 0.4) is 0 Å².